The number of benzene rings is 1. The first-order valence-corrected chi connectivity index (χ1v) is 11.4. The second-order valence-electron chi connectivity index (χ2n) is 9.49. The average Bonchev–Trinajstić information content (AvgIpc) is 3.15. The number of carbonyl (C=O) groups is 3. The summed E-state index contributed by atoms with van der Waals surface area (Å²) >= 11 is 0. The molecule has 1 fully saturated rings. The lowest BCUT2D eigenvalue weighted by Crippen LogP contribution is -2.52. The lowest BCUT2D eigenvalue weighted by Gasteiger charge is -2.31. The van der Waals surface area contributed by atoms with E-state index in [1.165, 1.54) is 30.8 Å². The largest absolute Gasteiger partial charge is 0.501 e. The maximum absolute atomic E-state index is 13.5. The molecule has 2 atom stereocenters. The van der Waals surface area contributed by atoms with Crippen molar-refractivity contribution < 1.29 is 23.9 Å². The number of hydrogen-bond donors (Lipinski definition) is 3. The number of rotatable bonds is 4. The van der Waals surface area contributed by atoms with Crippen molar-refractivity contribution in [1.82, 2.24) is 25.1 Å². The second kappa shape index (κ2) is 9.12. The predicted molar refractivity (Wildman–Crippen MR) is 123 cm³/mol. The second-order valence-corrected chi connectivity index (χ2v) is 9.49. The van der Waals surface area contributed by atoms with Gasteiger partial charge < -0.3 is 20.6 Å². The van der Waals surface area contributed by atoms with E-state index in [1.54, 1.807) is 13.0 Å². The number of hydrogen-bond acceptors (Lipinski definition) is 6. The van der Waals surface area contributed by atoms with Gasteiger partial charge in [0.05, 0.1) is 5.54 Å². The molecule has 3 N–H and O–H groups in total. The molecule has 2 aromatic rings. The van der Waals surface area contributed by atoms with Crippen molar-refractivity contribution in [2.45, 2.75) is 51.2 Å². The first-order valence-electron chi connectivity index (χ1n) is 11.4. The number of aromatic nitrogens is 2. The molecule has 0 radical (unpaired) electrons. The number of aryl methyl sites for hydroxylation is 1. The number of nitrogens with one attached hydrogen (secondary N) is 2. The van der Waals surface area contributed by atoms with Crippen LogP contribution in [0.3, 0.4) is 0 Å². The van der Waals surface area contributed by atoms with Gasteiger partial charge in [0.2, 0.25) is 5.75 Å². The van der Waals surface area contributed by atoms with Crippen LogP contribution in [0.15, 0.2) is 23.0 Å². The Balaban J connectivity index is 1.69. The van der Waals surface area contributed by atoms with E-state index in [0.29, 0.717) is 30.4 Å². The first kappa shape index (κ1) is 24.4. The van der Waals surface area contributed by atoms with Crippen molar-refractivity contribution in [3.05, 3.63) is 57.0 Å². The summed E-state index contributed by atoms with van der Waals surface area (Å²) in [6.07, 6.45) is 2.31. The van der Waals surface area contributed by atoms with Crippen LogP contribution in [0.1, 0.15) is 53.1 Å². The Morgan fingerprint density at radius 3 is 2.71 bits per heavy atom. The molecule has 1 aliphatic carbocycles. The van der Waals surface area contributed by atoms with Crippen LogP contribution in [0.5, 0.6) is 5.75 Å². The van der Waals surface area contributed by atoms with Gasteiger partial charge in [-0.05, 0) is 55.7 Å². The molecule has 2 unspecified atom stereocenters. The van der Waals surface area contributed by atoms with Crippen LogP contribution in [-0.2, 0) is 28.2 Å². The molecular weight excluding hydrogens is 457 g/mol. The zero-order valence-corrected chi connectivity index (χ0v) is 19.9. The molecule has 0 spiro atoms. The lowest BCUT2D eigenvalue weighted by molar-refractivity contribution is -0.145. The third-order valence-electron chi connectivity index (χ3n) is 6.79. The van der Waals surface area contributed by atoms with Crippen molar-refractivity contribution >= 4 is 17.7 Å². The number of aromatic hydroxyl groups is 1. The monoisotopic (exact) mass is 485 g/mol. The molecule has 1 saturated carbocycles. The van der Waals surface area contributed by atoms with Gasteiger partial charge in [0.25, 0.3) is 11.5 Å². The Morgan fingerprint density at radius 2 is 2.03 bits per heavy atom. The molecule has 35 heavy (non-hydrogen) atoms. The Morgan fingerprint density at radius 1 is 1.29 bits per heavy atom. The molecule has 0 saturated heterocycles. The SMILES string of the molecule is Cc1cc(CNC(=O)c2nc3n(c(=O)c2O)CCC2CCC3(NC(=O)C(=O)N(C)C)C2)ccc1F. The maximum Gasteiger partial charge on any atom is 0.311 e. The highest BCUT2D eigenvalue weighted by Crippen LogP contribution is 2.45. The van der Waals surface area contributed by atoms with Crippen molar-refractivity contribution in [2.75, 3.05) is 14.1 Å². The molecule has 4 rings (SSSR count). The number of fused-ring (bicyclic) bond motifs is 4. The Kier molecular flexibility index (Phi) is 6.35. The van der Waals surface area contributed by atoms with Gasteiger partial charge in [-0.15, -0.1) is 0 Å². The zero-order valence-electron chi connectivity index (χ0n) is 19.9. The van der Waals surface area contributed by atoms with Crippen LogP contribution < -0.4 is 16.2 Å². The van der Waals surface area contributed by atoms with E-state index >= 15 is 0 Å². The number of amides is 3. The van der Waals surface area contributed by atoms with Gasteiger partial charge in [-0.3, -0.25) is 23.7 Å². The van der Waals surface area contributed by atoms with E-state index < -0.39 is 40.3 Å². The summed E-state index contributed by atoms with van der Waals surface area (Å²) in [5.74, 6) is -3.17. The third-order valence-corrected chi connectivity index (χ3v) is 6.79. The minimum atomic E-state index is -1.11. The van der Waals surface area contributed by atoms with Crippen molar-refractivity contribution in [2.24, 2.45) is 5.92 Å². The van der Waals surface area contributed by atoms with Crippen LogP contribution in [0.25, 0.3) is 0 Å². The molecule has 2 heterocycles. The summed E-state index contributed by atoms with van der Waals surface area (Å²) in [6.45, 7) is 1.90. The summed E-state index contributed by atoms with van der Waals surface area (Å²) in [7, 11) is 2.92. The fraction of sp³-hybridized carbons (Fsp3) is 0.458. The topological polar surface area (TPSA) is 134 Å². The summed E-state index contributed by atoms with van der Waals surface area (Å²) in [6, 6.07) is 4.39. The highest BCUT2D eigenvalue weighted by molar-refractivity contribution is 6.35. The number of nitrogens with zero attached hydrogens (tertiary/aromatic N) is 3. The molecule has 1 aliphatic heterocycles. The Hall–Kier alpha value is -3.76. The van der Waals surface area contributed by atoms with Gasteiger partial charge in [0.15, 0.2) is 5.69 Å². The molecule has 2 aliphatic rings. The van der Waals surface area contributed by atoms with Gasteiger partial charge in [-0.25, -0.2) is 9.37 Å². The molecule has 10 nitrogen and oxygen atoms in total. The molecule has 186 valence electrons. The predicted octanol–water partition coefficient (Wildman–Crippen LogP) is 0.930. The molecule has 1 aromatic carbocycles. The van der Waals surface area contributed by atoms with E-state index in [9.17, 15) is 28.7 Å². The van der Waals surface area contributed by atoms with Crippen molar-refractivity contribution in [1.29, 1.82) is 0 Å². The molecule has 2 bridgehead atoms. The Labute approximate surface area is 201 Å². The van der Waals surface area contributed by atoms with Crippen LogP contribution >= 0.6 is 0 Å². The van der Waals surface area contributed by atoms with Crippen molar-refractivity contribution in [3.8, 4) is 5.75 Å². The number of likely N-dealkylation sites (N-methyl/N-ethyl adjacent to an activating group) is 1. The first-order chi connectivity index (χ1) is 16.5. The molecule has 1 aromatic heterocycles. The normalized spacial score (nSPS) is 20.5. The summed E-state index contributed by atoms with van der Waals surface area (Å²) in [5, 5.41) is 15.9. The van der Waals surface area contributed by atoms with E-state index in [0.717, 1.165) is 11.3 Å². The fourth-order valence-electron chi connectivity index (χ4n) is 4.91. The standard InChI is InChI=1S/C24H28FN5O5/c1-13-10-15(4-5-16(13)25)12-26-19(32)17-18(31)21(34)30-9-7-14-6-8-24(11-14,23(30)27-17)28-20(33)22(35)29(2)3/h4-5,10,14,31H,6-9,11-12H2,1-3H3,(H,26,32)(H,28,33). The minimum absolute atomic E-state index is 0.0286. The number of carbonyl (C=O) groups excluding carboxylic acids is 3. The minimum Gasteiger partial charge on any atom is -0.501 e. The van der Waals surface area contributed by atoms with E-state index in [2.05, 4.69) is 15.6 Å². The molecule has 11 heteroatoms. The summed E-state index contributed by atoms with van der Waals surface area (Å²) < 4.78 is 14.8. The van der Waals surface area contributed by atoms with Gasteiger partial charge in [-0.2, -0.15) is 0 Å². The quantitative estimate of drug-likeness (QED) is 0.552. The summed E-state index contributed by atoms with van der Waals surface area (Å²) in [4.78, 5) is 56.5. The summed E-state index contributed by atoms with van der Waals surface area (Å²) in [5.41, 5.74) is -1.30. The van der Waals surface area contributed by atoms with Crippen LogP contribution in [0, 0.1) is 18.7 Å². The average molecular weight is 486 g/mol. The van der Waals surface area contributed by atoms with Gasteiger partial charge in [0, 0.05) is 27.2 Å². The fourth-order valence-corrected chi connectivity index (χ4v) is 4.91. The van der Waals surface area contributed by atoms with E-state index in [4.69, 9.17) is 0 Å². The van der Waals surface area contributed by atoms with Crippen LogP contribution in [-0.4, -0.2) is 51.4 Å². The highest BCUT2D eigenvalue weighted by atomic mass is 19.1. The smallest absolute Gasteiger partial charge is 0.311 e. The lowest BCUT2D eigenvalue weighted by atomic mass is 9.94. The molecule has 3 amide bonds. The van der Waals surface area contributed by atoms with E-state index in [-0.39, 0.29) is 30.6 Å². The zero-order chi connectivity index (χ0) is 25.5. The highest BCUT2D eigenvalue weighted by Gasteiger charge is 2.48. The van der Waals surface area contributed by atoms with Crippen molar-refractivity contribution in [3.63, 3.8) is 0 Å². The van der Waals surface area contributed by atoms with Gasteiger partial charge >= 0.3 is 11.8 Å². The molecular formula is C24H28FN5O5. The Bertz CT molecular complexity index is 1270. The van der Waals surface area contributed by atoms with Crippen LogP contribution in [0.4, 0.5) is 4.39 Å². The maximum atomic E-state index is 13.5. The van der Waals surface area contributed by atoms with Crippen LogP contribution in [0.2, 0.25) is 0 Å². The van der Waals surface area contributed by atoms with Gasteiger partial charge in [0.1, 0.15) is 11.6 Å². The van der Waals surface area contributed by atoms with Gasteiger partial charge in [-0.1, -0.05) is 12.1 Å². The number of halogens is 1. The third kappa shape index (κ3) is 4.50. The van der Waals surface area contributed by atoms with E-state index in [1.807, 2.05) is 0 Å².